The molecular weight excluding hydrogens is 563 g/mol. The van der Waals surface area contributed by atoms with E-state index in [2.05, 4.69) is 50.7 Å². The summed E-state index contributed by atoms with van der Waals surface area (Å²) in [4.78, 5) is 23.6. The molecule has 0 unspecified atom stereocenters. The topological polar surface area (TPSA) is 72.6 Å². The fraction of sp³-hybridized carbons (Fsp3) is 0.290. The normalized spacial score (nSPS) is 14.5. The molecule has 1 amide bonds. The van der Waals surface area contributed by atoms with E-state index in [1.165, 1.54) is 46.4 Å². The smallest absolute Gasteiger partial charge is 0.406 e. The number of carbonyl (C=O) groups is 1. The van der Waals surface area contributed by atoms with Gasteiger partial charge in [-0.3, -0.25) is 4.79 Å². The van der Waals surface area contributed by atoms with Crippen molar-refractivity contribution in [2.24, 2.45) is 4.99 Å². The number of ether oxygens (including phenoxy) is 1. The van der Waals surface area contributed by atoms with Gasteiger partial charge in [0.2, 0.25) is 5.91 Å². The molecule has 0 saturated carbocycles. The second-order valence-electron chi connectivity index (χ2n) is 9.99. The van der Waals surface area contributed by atoms with Crippen LogP contribution in [0.5, 0.6) is 5.75 Å². The number of unbranched alkanes of at least 4 members (excludes halogenated alkanes) is 1. The minimum absolute atomic E-state index is 0.0878. The van der Waals surface area contributed by atoms with Crippen LogP contribution < -0.4 is 9.64 Å². The summed E-state index contributed by atoms with van der Waals surface area (Å²) in [7, 11) is 0. The lowest BCUT2D eigenvalue weighted by atomic mass is 10.0. The maximum absolute atomic E-state index is 12.6. The highest BCUT2D eigenvalue weighted by molar-refractivity contribution is 8.14. The van der Waals surface area contributed by atoms with Crippen LogP contribution in [0.4, 0.5) is 18.9 Å². The van der Waals surface area contributed by atoms with Crippen molar-refractivity contribution < 1.29 is 22.7 Å². The molecule has 1 saturated heterocycles. The second kappa shape index (κ2) is 12.8. The van der Waals surface area contributed by atoms with Crippen LogP contribution in [0.3, 0.4) is 0 Å². The van der Waals surface area contributed by atoms with E-state index in [1.807, 2.05) is 30.3 Å². The highest BCUT2D eigenvalue weighted by Crippen LogP contribution is 2.31. The molecule has 7 nitrogen and oxygen atoms in total. The zero-order chi connectivity index (χ0) is 29.7. The van der Waals surface area contributed by atoms with Crippen molar-refractivity contribution in [3.05, 3.63) is 89.7 Å². The van der Waals surface area contributed by atoms with Gasteiger partial charge >= 0.3 is 6.36 Å². The lowest BCUT2D eigenvalue weighted by Gasteiger charge is -2.22. The number of anilines is 1. The number of aromatic nitrogens is 3. The first-order valence-corrected chi connectivity index (χ1v) is 14.6. The fourth-order valence-corrected chi connectivity index (χ4v) is 5.80. The molecule has 3 aromatic carbocycles. The van der Waals surface area contributed by atoms with Crippen molar-refractivity contribution in [2.75, 3.05) is 17.2 Å². The van der Waals surface area contributed by atoms with E-state index in [0.717, 1.165) is 53.5 Å². The molecule has 0 aliphatic carbocycles. The van der Waals surface area contributed by atoms with E-state index in [-0.39, 0.29) is 11.7 Å². The van der Waals surface area contributed by atoms with Gasteiger partial charge in [-0.15, -0.1) is 18.3 Å². The molecule has 5 rings (SSSR count). The third-order valence-electron chi connectivity index (χ3n) is 6.85. The van der Waals surface area contributed by atoms with E-state index in [9.17, 15) is 18.0 Å². The highest BCUT2D eigenvalue weighted by Gasteiger charge is 2.31. The van der Waals surface area contributed by atoms with Crippen LogP contribution in [-0.2, 0) is 11.2 Å². The lowest BCUT2D eigenvalue weighted by molar-refractivity contribution is -0.274. The molecule has 2 heterocycles. The number of thioether (sulfide) groups is 1. The molecule has 0 atom stereocenters. The van der Waals surface area contributed by atoms with Crippen LogP contribution in [0.15, 0.2) is 78.0 Å². The zero-order valence-electron chi connectivity index (χ0n) is 23.3. The van der Waals surface area contributed by atoms with Crippen molar-refractivity contribution in [3.63, 3.8) is 0 Å². The minimum Gasteiger partial charge on any atom is -0.406 e. The monoisotopic (exact) mass is 593 g/mol. The molecule has 1 aliphatic heterocycles. The van der Waals surface area contributed by atoms with Crippen LogP contribution in [0.25, 0.3) is 17.1 Å². The summed E-state index contributed by atoms with van der Waals surface area (Å²) < 4.78 is 42.5. The van der Waals surface area contributed by atoms with E-state index < -0.39 is 6.36 Å². The Balaban J connectivity index is 1.11. The summed E-state index contributed by atoms with van der Waals surface area (Å²) in [5.74, 6) is 1.03. The van der Waals surface area contributed by atoms with E-state index in [1.54, 1.807) is 11.8 Å². The summed E-state index contributed by atoms with van der Waals surface area (Å²) in [6.07, 6.45) is -0.364. The number of amidine groups is 1. The molecule has 1 fully saturated rings. The standard InChI is InChI=1S/C31H30F3N5O2S/c1-21-6-5-7-22(2)28(21)38-18-19-42-30(38)36-27(40)9-4-3-8-23-10-12-24(13-11-23)29-35-20-39(37-29)25-14-16-26(17-15-25)41-31(32,33)34/h5-7,10-17,20H,3-4,8-9,18-19H2,1-2H3. The van der Waals surface area contributed by atoms with Crippen LogP contribution in [0.2, 0.25) is 0 Å². The Labute approximate surface area is 246 Å². The number of alkyl halides is 3. The molecule has 218 valence electrons. The van der Waals surface area contributed by atoms with Gasteiger partial charge in [0, 0.05) is 30.0 Å². The number of aryl methyl sites for hydroxylation is 3. The molecule has 0 N–H and O–H groups in total. The van der Waals surface area contributed by atoms with Gasteiger partial charge in [0.1, 0.15) is 12.1 Å². The first-order chi connectivity index (χ1) is 20.2. The molecule has 0 spiro atoms. The summed E-state index contributed by atoms with van der Waals surface area (Å²) in [5.41, 5.74) is 6.03. The molecule has 4 aromatic rings. The number of hydrogen-bond acceptors (Lipinski definition) is 5. The van der Waals surface area contributed by atoms with Gasteiger partial charge in [-0.05, 0) is 74.1 Å². The number of hydrogen-bond donors (Lipinski definition) is 0. The molecule has 42 heavy (non-hydrogen) atoms. The number of aliphatic imine (C=N–C) groups is 1. The maximum atomic E-state index is 12.6. The van der Waals surface area contributed by atoms with Gasteiger partial charge in [0.15, 0.2) is 11.0 Å². The Hall–Kier alpha value is -4.12. The van der Waals surface area contributed by atoms with Crippen LogP contribution in [-0.4, -0.2) is 44.5 Å². The number of rotatable bonds is 9. The maximum Gasteiger partial charge on any atom is 0.573 e. The number of carbonyl (C=O) groups excluding carboxylic acids is 1. The Morgan fingerprint density at radius 1 is 1.00 bits per heavy atom. The van der Waals surface area contributed by atoms with Crippen molar-refractivity contribution in [1.82, 2.24) is 14.8 Å². The summed E-state index contributed by atoms with van der Waals surface area (Å²) >= 11 is 1.63. The number of para-hydroxylation sites is 1. The average molecular weight is 594 g/mol. The van der Waals surface area contributed by atoms with Gasteiger partial charge < -0.3 is 9.64 Å². The number of benzene rings is 3. The van der Waals surface area contributed by atoms with Crippen LogP contribution in [0.1, 0.15) is 36.0 Å². The molecule has 1 aliphatic rings. The third-order valence-corrected chi connectivity index (χ3v) is 7.81. The largest absolute Gasteiger partial charge is 0.573 e. The van der Waals surface area contributed by atoms with Crippen LogP contribution >= 0.6 is 11.8 Å². The van der Waals surface area contributed by atoms with E-state index in [4.69, 9.17) is 0 Å². The van der Waals surface area contributed by atoms with Crippen molar-refractivity contribution >= 4 is 28.5 Å². The van der Waals surface area contributed by atoms with Gasteiger partial charge in [-0.2, -0.15) is 4.99 Å². The first kappa shape index (κ1) is 29.4. The molecule has 11 heteroatoms. The van der Waals surface area contributed by atoms with E-state index in [0.29, 0.717) is 17.9 Å². The third kappa shape index (κ3) is 7.39. The Kier molecular flexibility index (Phi) is 8.96. The van der Waals surface area contributed by atoms with Crippen molar-refractivity contribution in [2.45, 2.75) is 45.9 Å². The predicted molar refractivity (Wildman–Crippen MR) is 159 cm³/mol. The second-order valence-corrected chi connectivity index (χ2v) is 11.0. The summed E-state index contributed by atoms with van der Waals surface area (Å²) in [5, 5.41) is 5.23. The number of halogens is 3. The molecule has 1 aromatic heterocycles. The first-order valence-electron chi connectivity index (χ1n) is 13.6. The zero-order valence-corrected chi connectivity index (χ0v) is 24.1. The van der Waals surface area contributed by atoms with Crippen molar-refractivity contribution in [3.8, 4) is 22.8 Å². The predicted octanol–water partition coefficient (Wildman–Crippen LogP) is 7.30. The number of amides is 1. The average Bonchev–Trinajstić information content (AvgIpc) is 3.62. The Bertz CT molecular complexity index is 1550. The number of nitrogens with zero attached hydrogens (tertiary/aromatic N) is 5. The highest BCUT2D eigenvalue weighted by atomic mass is 32.2. The summed E-state index contributed by atoms with van der Waals surface area (Å²) in [6, 6.07) is 19.5. The van der Waals surface area contributed by atoms with Gasteiger partial charge in [-0.25, -0.2) is 9.67 Å². The molecular formula is C31H30F3N5O2S. The van der Waals surface area contributed by atoms with Crippen LogP contribution in [0, 0.1) is 13.8 Å². The fourth-order valence-electron chi connectivity index (χ4n) is 4.84. The summed E-state index contributed by atoms with van der Waals surface area (Å²) in [6.45, 7) is 5.02. The van der Waals surface area contributed by atoms with Gasteiger partial charge in [0.05, 0.1) is 5.69 Å². The Morgan fingerprint density at radius 3 is 2.40 bits per heavy atom. The van der Waals surface area contributed by atoms with Gasteiger partial charge in [0.25, 0.3) is 0 Å². The SMILES string of the molecule is Cc1cccc(C)c1N1CCSC1=NC(=O)CCCCc1ccc(-c2ncn(-c3ccc(OC(F)(F)F)cc3)n2)cc1. The van der Waals surface area contributed by atoms with Crippen molar-refractivity contribution in [1.29, 1.82) is 0 Å². The molecule has 0 radical (unpaired) electrons. The lowest BCUT2D eigenvalue weighted by Crippen LogP contribution is -2.26. The van der Waals surface area contributed by atoms with Gasteiger partial charge in [-0.1, -0.05) is 54.2 Å². The van der Waals surface area contributed by atoms with E-state index >= 15 is 0 Å². The Morgan fingerprint density at radius 2 is 1.71 bits per heavy atom. The minimum atomic E-state index is -4.74. The molecule has 0 bridgehead atoms. The quantitative estimate of drug-likeness (QED) is 0.190.